The van der Waals surface area contributed by atoms with Crippen LogP contribution in [0.2, 0.25) is 0 Å². The molecule has 0 aliphatic carbocycles. The van der Waals surface area contributed by atoms with Crippen LogP contribution in [0.4, 0.5) is 14.5 Å². The van der Waals surface area contributed by atoms with Crippen LogP contribution in [0.5, 0.6) is 0 Å². The van der Waals surface area contributed by atoms with Crippen molar-refractivity contribution in [2.24, 2.45) is 7.05 Å². The lowest BCUT2D eigenvalue weighted by Gasteiger charge is -2.03. The van der Waals surface area contributed by atoms with Crippen LogP contribution in [0.1, 0.15) is 0 Å². The molecule has 0 unspecified atom stereocenters. The van der Waals surface area contributed by atoms with Crippen molar-refractivity contribution in [1.82, 2.24) is 9.78 Å². The monoisotopic (exact) mass is 317 g/mol. The summed E-state index contributed by atoms with van der Waals surface area (Å²) in [5.74, 6) is -2.14. The van der Waals surface area contributed by atoms with E-state index in [-0.39, 0.29) is 5.69 Å². The first-order valence-corrected chi connectivity index (χ1v) is 5.53. The molecule has 1 heterocycles. The second-order valence-corrected chi connectivity index (χ2v) is 4.37. The molecule has 0 atom stereocenters. The highest BCUT2D eigenvalue weighted by Gasteiger charge is 2.25. The number of rotatable bonds is 2. The van der Waals surface area contributed by atoms with Crippen LogP contribution >= 0.6 is 15.9 Å². The number of aromatic nitrogens is 2. The van der Waals surface area contributed by atoms with Gasteiger partial charge in [0.1, 0.15) is 11.5 Å². The summed E-state index contributed by atoms with van der Waals surface area (Å²) < 4.78 is 29.2. The van der Waals surface area contributed by atoms with Gasteiger partial charge in [-0.05, 0) is 22.0 Å². The third-order valence-corrected chi connectivity index (χ3v) is 2.87. The minimum atomic E-state index is -1.24. The summed E-state index contributed by atoms with van der Waals surface area (Å²) in [6.45, 7) is 0. The number of aryl methyl sites for hydroxylation is 1. The van der Waals surface area contributed by atoms with Crippen molar-refractivity contribution in [2.45, 2.75) is 0 Å². The van der Waals surface area contributed by atoms with Crippen LogP contribution in [-0.4, -0.2) is 14.7 Å². The van der Waals surface area contributed by atoms with Gasteiger partial charge in [0.2, 0.25) is 5.82 Å². The lowest BCUT2D eigenvalue weighted by molar-refractivity contribution is -0.387. The zero-order chi connectivity index (χ0) is 13.4. The van der Waals surface area contributed by atoms with E-state index in [1.165, 1.54) is 10.9 Å². The topological polar surface area (TPSA) is 61.0 Å². The van der Waals surface area contributed by atoms with Crippen LogP contribution < -0.4 is 0 Å². The Balaban J connectivity index is 2.74. The third kappa shape index (κ3) is 1.99. The number of hydrogen-bond donors (Lipinski definition) is 0. The van der Waals surface area contributed by atoms with Gasteiger partial charge in [-0.25, -0.2) is 4.39 Å². The molecule has 2 rings (SSSR count). The molecule has 0 spiro atoms. The summed E-state index contributed by atoms with van der Waals surface area (Å²) in [5, 5.41) is 14.5. The normalized spacial score (nSPS) is 10.7. The molecule has 1 aromatic carbocycles. The molecule has 0 fully saturated rings. The van der Waals surface area contributed by atoms with E-state index in [1.807, 2.05) is 0 Å². The van der Waals surface area contributed by atoms with Gasteiger partial charge in [0, 0.05) is 19.3 Å². The fourth-order valence-corrected chi connectivity index (χ4v) is 2.10. The summed E-state index contributed by atoms with van der Waals surface area (Å²) in [4.78, 5) is 9.70. The van der Waals surface area contributed by atoms with Crippen molar-refractivity contribution in [3.05, 3.63) is 44.6 Å². The molecule has 0 aliphatic heterocycles. The van der Waals surface area contributed by atoms with E-state index in [1.54, 1.807) is 7.05 Å². The third-order valence-electron chi connectivity index (χ3n) is 2.29. The van der Waals surface area contributed by atoms with Gasteiger partial charge in [-0.3, -0.25) is 14.8 Å². The average molecular weight is 318 g/mol. The van der Waals surface area contributed by atoms with Crippen LogP contribution in [-0.2, 0) is 7.05 Å². The highest BCUT2D eigenvalue weighted by atomic mass is 79.9. The van der Waals surface area contributed by atoms with E-state index in [9.17, 15) is 18.9 Å². The molecule has 0 aliphatic rings. The molecule has 94 valence electrons. The summed E-state index contributed by atoms with van der Waals surface area (Å²) in [7, 11) is 1.57. The first-order chi connectivity index (χ1) is 8.41. The minimum Gasteiger partial charge on any atom is -0.274 e. The molecule has 5 nitrogen and oxygen atoms in total. The first kappa shape index (κ1) is 12.6. The maximum absolute atomic E-state index is 13.9. The van der Waals surface area contributed by atoms with Crippen molar-refractivity contribution in [3.63, 3.8) is 0 Å². The maximum atomic E-state index is 13.9. The van der Waals surface area contributed by atoms with E-state index in [2.05, 4.69) is 21.0 Å². The summed E-state index contributed by atoms with van der Waals surface area (Å²) in [6.07, 6.45) is 1.49. The summed E-state index contributed by atoms with van der Waals surface area (Å²) >= 11 is 3.10. The molecule has 0 saturated carbocycles. The Kier molecular flexibility index (Phi) is 3.12. The minimum absolute atomic E-state index is 0.0174. The lowest BCUT2D eigenvalue weighted by atomic mass is 10.1. The fourth-order valence-electron chi connectivity index (χ4n) is 1.53. The lowest BCUT2D eigenvalue weighted by Crippen LogP contribution is -1.99. The number of nitro groups is 1. The largest absolute Gasteiger partial charge is 0.305 e. The number of nitrogens with zero attached hydrogens (tertiary/aromatic N) is 3. The van der Waals surface area contributed by atoms with Crippen molar-refractivity contribution in [3.8, 4) is 11.3 Å². The zero-order valence-electron chi connectivity index (χ0n) is 9.02. The van der Waals surface area contributed by atoms with Crippen LogP contribution in [0.3, 0.4) is 0 Å². The molecular weight excluding hydrogens is 312 g/mol. The highest BCUT2D eigenvalue weighted by Crippen LogP contribution is 2.34. The van der Waals surface area contributed by atoms with Gasteiger partial charge < -0.3 is 0 Å². The Hall–Kier alpha value is -1.83. The molecule has 8 heteroatoms. The van der Waals surface area contributed by atoms with Gasteiger partial charge >= 0.3 is 5.69 Å². The molecule has 18 heavy (non-hydrogen) atoms. The molecule has 0 radical (unpaired) electrons. The Morgan fingerprint density at radius 2 is 2.11 bits per heavy atom. The molecular formula is C10H6BrF2N3O2. The SMILES string of the molecule is Cn1cc(Br)c(-c2c(F)ccc([N+](=O)[O-])c2F)n1. The number of halogens is 3. The Morgan fingerprint density at radius 1 is 1.44 bits per heavy atom. The average Bonchev–Trinajstić information content (AvgIpc) is 2.57. The van der Waals surface area contributed by atoms with Crippen LogP contribution in [0.25, 0.3) is 11.3 Å². The van der Waals surface area contributed by atoms with E-state index >= 15 is 0 Å². The van der Waals surface area contributed by atoms with Gasteiger partial charge in [-0.1, -0.05) is 0 Å². The smallest absolute Gasteiger partial charge is 0.274 e. The van der Waals surface area contributed by atoms with Gasteiger partial charge in [0.05, 0.1) is 15.0 Å². The van der Waals surface area contributed by atoms with Crippen LogP contribution in [0.15, 0.2) is 22.8 Å². The molecule has 1 aromatic heterocycles. The highest BCUT2D eigenvalue weighted by molar-refractivity contribution is 9.10. The summed E-state index contributed by atoms with van der Waals surface area (Å²) in [6, 6.07) is 1.63. The van der Waals surface area contributed by atoms with Crippen LogP contribution in [0, 0.1) is 21.7 Å². The molecule has 2 aromatic rings. The van der Waals surface area contributed by atoms with Gasteiger partial charge in [0.15, 0.2) is 0 Å². The Bertz CT molecular complexity index is 642. The Morgan fingerprint density at radius 3 is 2.61 bits per heavy atom. The standard InChI is InChI=1S/C10H6BrF2N3O2/c1-15-4-5(11)10(14-15)8-6(12)2-3-7(9(8)13)16(17)18/h2-4H,1H3. The first-order valence-electron chi connectivity index (χ1n) is 4.73. The van der Waals surface area contributed by atoms with Gasteiger partial charge in [-0.2, -0.15) is 9.49 Å². The van der Waals surface area contributed by atoms with E-state index in [0.29, 0.717) is 4.47 Å². The van der Waals surface area contributed by atoms with Crippen molar-refractivity contribution in [2.75, 3.05) is 0 Å². The summed E-state index contributed by atoms with van der Waals surface area (Å²) in [5.41, 5.74) is -1.32. The van der Waals surface area contributed by atoms with Gasteiger partial charge in [0.25, 0.3) is 0 Å². The number of nitro benzene ring substituents is 1. The predicted octanol–water partition coefficient (Wildman–Crippen LogP) is 3.04. The predicted molar refractivity (Wildman–Crippen MR) is 62.9 cm³/mol. The van der Waals surface area contributed by atoms with Crippen molar-refractivity contribution >= 4 is 21.6 Å². The van der Waals surface area contributed by atoms with E-state index < -0.39 is 27.8 Å². The zero-order valence-corrected chi connectivity index (χ0v) is 10.6. The molecule has 0 bridgehead atoms. The second-order valence-electron chi connectivity index (χ2n) is 3.51. The molecule has 0 amide bonds. The van der Waals surface area contributed by atoms with Gasteiger partial charge in [-0.15, -0.1) is 0 Å². The van der Waals surface area contributed by atoms with Crippen molar-refractivity contribution in [1.29, 1.82) is 0 Å². The molecule has 0 N–H and O–H groups in total. The number of hydrogen-bond acceptors (Lipinski definition) is 3. The van der Waals surface area contributed by atoms with E-state index in [4.69, 9.17) is 0 Å². The fraction of sp³-hybridized carbons (Fsp3) is 0.100. The maximum Gasteiger partial charge on any atom is 0.305 e. The van der Waals surface area contributed by atoms with Crippen molar-refractivity contribution < 1.29 is 13.7 Å². The molecule has 0 saturated heterocycles. The quantitative estimate of drug-likeness (QED) is 0.631. The van der Waals surface area contributed by atoms with E-state index in [0.717, 1.165) is 12.1 Å². The second kappa shape index (κ2) is 4.45. The Labute approximate surface area is 108 Å². The number of benzene rings is 1.